The minimum Gasteiger partial charge on any atom is -0.463 e. The zero-order valence-electron chi connectivity index (χ0n) is 21.0. The molecule has 38 heavy (non-hydrogen) atoms. The summed E-state index contributed by atoms with van der Waals surface area (Å²) in [4.78, 5) is 43.8. The molecule has 1 aliphatic rings. The largest absolute Gasteiger partial charge is 0.469 e. The second-order valence-electron chi connectivity index (χ2n) is 7.53. The van der Waals surface area contributed by atoms with Gasteiger partial charge in [-0.15, -0.1) is 0 Å². The van der Waals surface area contributed by atoms with Gasteiger partial charge in [0.05, 0.1) is 13.2 Å². The molecule has 1 saturated heterocycles. The van der Waals surface area contributed by atoms with Crippen LogP contribution >= 0.6 is 46.7 Å². The first-order chi connectivity index (χ1) is 17.2. The summed E-state index contributed by atoms with van der Waals surface area (Å²) in [5.41, 5.74) is 13.7. The second-order valence-corrected chi connectivity index (χ2v) is 15.4. The molecule has 0 saturated carbocycles. The smallest absolute Gasteiger partial charge is 0.463 e. The minimum absolute atomic E-state index is 0.0801. The van der Waals surface area contributed by atoms with Crippen molar-refractivity contribution in [3.8, 4) is 0 Å². The number of hydrogen-bond acceptors (Lipinski definition) is 11. The fourth-order valence-electron chi connectivity index (χ4n) is 1.60. The molecule has 1 rings (SSSR count). The lowest BCUT2D eigenvalue weighted by atomic mass is 10.1. The molecule has 0 radical (unpaired) electrons. The van der Waals surface area contributed by atoms with E-state index in [1.165, 1.54) is 40.5 Å². The molecule has 1 aliphatic heterocycles. The van der Waals surface area contributed by atoms with Gasteiger partial charge in [-0.05, 0) is 85.3 Å². The van der Waals surface area contributed by atoms with Crippen molar-refractivity contribution >= 4 is 58.7 Å². The standard InChI is InChI=1S/C6H12N3O6P.C6H11N3O3.C4H8O.Cl3OP/c1-6(2,8-9-7)5(10)14-3-4-15-16(11,12)13;1-6(2,8-9-7)5(11)12-4-3-10;1-2-4-5-3-1;1-5(2,3)4/h3-4H2,1-2H3,(H2,11,12,13);10H,3-4H2,1-2H3;1-4H2;. The van der Waals surface area contributed by atoms with E-state index >= 15 is 0 Å². The van der Waals surface area contributed by atoms with Gasteiger partial charge in [-0.2, -0.15) is 0 Å². The van der Waals surface area contributed by atoms with Crippen LogP contribution in [0.3, 0.4) is 0 Å². The highest BCUT2D eigenvalue weighted by molar-refractivity contribution is 8.24. The zero-order chi connectivity index (χ0) is 30.5. The van der Waals surface area contributed by atoms with Crippen LogP contribution in [0.25, 0.3) is 20.9 Å². The van der Waals surface area contributed by atoms with Crippen LogP contribution in [0.1, 0.15) is 40.5 Å². The third-order valence-corrected chi connectivity index (χ3v) is 3.84. The van der Waals surface area contributed by atoms with E-state index < -0.39 is 42.6 Å². The molecule has 22 heteroatoms. The average Bonchev–Trinajstić information content (AvgIpc) is 3.33. The molecule has 17 nitrogen and oxygen atoms in total. The van der Waals surface area contributed by atoms with Gasteiger partial charge in [0.1, 0.15) is 24.3 Å². The predicted molar refractivity (Wildman–Crippen MR) is 139 cm³/mol. The van der Waals surface area contributed by atoms with Crippen molar-refractivity contribution in [1.82, 2.24) is 0 Å². The van der Waals surface area contributed by atoms with E-state index in [2.05, 4.69) is 67.8 Å². The number of carbonyl (C=O) groups excluding carboxylic acids is 2. The van der Waals surface area contributed by atoms with E-state index in [0.29, 0.717) is 0 Å². The number of rotatable bonds is 10. The first kappa shape index (κ1) is 41.2. The molecule has 0 amide bonds. The molecule has 1 heterocycles. The molecular weight excluding hydrogens is 621 g/mol. The summed E-state index contributed by atoms with van der Waals surface area (Å²) < 4.78 is 37.9. The molecule has 0 unspecified atom stereocenters. The number of nitrogens with zero attached hydrogens (tertiary/aromatic N) is 6. The van der Waals surface area contributed by atoms with Gasteiger partial charge in [-0.1, -0.05) is 10.2 Å². The summed E-state index contributed by atoms with van der Waals surface area (Å²) >= 11 is 13.8. The van der Waals surface area contributed by atoms with Gasteiger partial charge in [0.15, 0.2) is 0 Å². The lowest BCUT2D eigenvalue weighted by Crippen LogP contribution is -2.31. The Morgan fingerprint density at radius 2 is 1.26 bits per heavy atom. The van der Waals surface area contributed by atoms with Gasteiger partial charge in [-0.3, -0.25) is 18.7 Å². The van der Waals surface area contributed by atoms with Gasteiger partial charge >= 0.3 is 25.0 Å². The Kier molecular flexibility index (Phi) is 23.3. The normalized spacial score (nSPS) is 12.9. The maximum atomic E-state index is 11.2. The fourth-order valence-corrected chi connectivity index (χ4v) is 1.91. The molecule has 0 spiro atoms. The van der Waals surface area contributed by atoms with Gasteiger partial charge in [-0.25, -0.2) is 4.57 Å². The maximum Gasteiger partial charge on any atom is 0.469 e. The van der Waals surface area contributed by atoms with Crippen LogP contribution in [0.15, 0.2) is 10.2 Å². The van der Waals surface area contributed by atoms with Gasteiger partial charge in [0, 0.05) is 23.0 Å². The van der Waals surface area contributed by atoms with E-state index in [9.17, 15) is 18.7 Å². The minimum atomic E-state index is -4.55. The summed E-state index contributed by atoms with van der Waals surface area (Å²) in [5.74, 6) is -1.45. The summed E-state index contributed by atoms with van der Waals surface area (Å²) in [6.45, 7) is 6.47. The number of hydrogen-bond donors (Lipinski definition) is 3. The molecule has 3 N–H and O–H groups in total. The van der Waals surface area contributed by atoms with Gasteiger partial charge in [0.2, 0.25) is 0 Å². The number of ether oxygens (including phenoxy) is 3. The first-order valence-electron chi connectivity index (χ1n) is 10.3. The monoisotopic (exact) mass is 650 g/mol. The van der Waals surface area contributed by atoms with E-state index in [4.69, 9.17) is 30.7 Å². The number of aliphatic hydroxyl groups excluding tert-OH is 1. The quantitative estimate of drug-likeness (QED) is 0.0710. The molecule has 0 bridgehead atoms. The number of esters is 2. The third-order valence-electron chi connectivity index (χ3n) is 3.32. The Bertz CT molecular complexity index is 884. The number of halogens is 3. The number of aliphatic hydroxyl groups is 1. The first-order valence-corrected chi connectivity index (χ1v) is 16.2. The molecule has 0 atom stereocenters. The Morgan fingerprint density at radius 3 is 1.53 bits per heavy atom. The van der Waals surface area contributed by atoms with Crippen molar-refractivity contribution in [1.29, 1.82) is 0 Å². The fraction of sp³-hybridized carbons (Fsp3) is 0.875. The van der Waals surface area contributed by atoms with Gasteiger partial charge in [0.25, 0.3) is 0 Å². The van der Waals surface area contributed by atoms with Crippen molar-refractivity contribution in [2.45, 2.75) is 51.6 Å². The van der Waals surface area contributed by atoms with Crippen molar-refractivity contribution in [2.75, 3.05) is 39.6 Å². The average molecular weight is 652 g/mol. The lowest BCUT2D eigenvalue weighted by Gasteiger charge is -2.16. The van der Waals surface area contributed by atoms with Crippen LogP contribution in [0.2, 0.25) is 0 Å². The van der Waals surface area contributed by atoms with Crippen LogP contribution in [0.4, 0.5) is 0 Å². The molecule has 0 aromatic carbocycles. The van der Waals surface area contributed by atoms with Crippen molar-refractivity contribution in [2.24, 2.45) is 10.2 Å². The van der Waals surface area contributed by atoms with Gasteiger partial charge < -0.3 is 29.1 Å². The van der Waals surface area contributed by atoms with E-state index in [1.54, 1.807) is 0 Å². The summed E-state index contributed by atoms with van der Waals surface area (Å²) in [5, 5.41) is 11.5. The Hall–Kier alpha value is -1.31. The van der Waals surface area contributed by atoms with Crippen LogP contribution in [0, 0.1) is 0 Å². The van der Waals surface area contributed by atoms with Crippen molar-refractivity contribution < 1.29 is 52.3 Å². The highest BCUT2D eigenvalue weighted by Crippen LogP contribution is 2.61. The number of carbonyl (C=O) groups is 2. The third kappa shape index (κ3) is 30.9. The second kappa shape index (κ2) is 21.5. The summed E-state index contributed by atoms with van der Waals surface area (Å²) in [6, 6.07) is 0. The maximum absolute atomic E-state index is 11.2. The molecule has 0 aromatic rings. The highest BCUT2D eigenvalue weighted by atomic mass is 36.0. The van der Waals surface area contributed by atoms with Crippen LogP contribution < -0.4 is 0 Å². The molecule has 0 aromatic heterocycles. The Balaban J connectivity index is -0.000000482. The summed E-state index contributed by atoms with van der Waals surface area (Å²) in [6.07, 6.45) is 2.56. The highest BCUT2D eigenvalue weighted by Gasteiger charge is 2.28. The molecular formula is C16H31Cl3N6O11P2. The van der Waals surface area contributed by atoms with Crippen LogP contribution in [-0.2, 0) is 37.5 Å². The number of phosphoric acid groups is 1. The Morgan fingerprint density at radius 1 is 0.895 bits per heavy atom. The zero-order valence-corrected chi connectivity index (χ0v) is 25.0. The molecule has 222 valence electrons. The number of azide groups is 2. The number of phosphoric ester groups is 1. The van der Waals surface area contributed by atoms with Crippen molar-refractivity contribution in [3.63, 3.8) is 0 Å². The SMILES string of the molecule is C1CCOC1.CC(C)(N=[N+]=[N-])C(=O)OCCO.CC(C)(N=[N+]=[N-])C(=O)OCCOP(=O)(O)O.O=P(Cl)(Cl)Cl. The van der Waals surface area contributed by atoms with Crippen LogP contribution in [0.5, 0.6) is 0 Å². The lowest BCUT2D eigenvalue weighted by molar-refractivity contribution is -0.150. The predicted octanol–water partition coefficient (Wildman–Crippen LogP) is 4.95. The van der Waals surface area contributed by atoms with Crippen molar-refractivity contribution in [3.05, 3.63) is 20.9 Å². The molecule has 1 fully saturated rings. The van der Waals surface area contributed by atoms with E-state index in [1.807, 2.05) is 0 Å². The summed E-state index contributed by atoms with van der Waals surface area (Å²) in [7, 11) is -4.55. The van der Waals surface area contributed by atoms with E-state index in [0.717, 1.165) is 13.2 Å². The topological polar surface area (TPSA) is 263 Å². The van der Waals surface area contributed by atoms with E-state index in [-0.39, 0.29) is 19.8 Å². The van der Waals surface area contributed by atoms with Crippen LogP contribution in [-0.4, -0.2) is 77.6 Å². The Labute approximate surface area is 233 Å². The molecule has 0 aliphatic carbocycles.